The third-order valence-corrected chi connectivity index (χ3v) is 15.3. The highest BCUT2D eigenvalue weighted by Crippen LogP contribution is 2.38. The molecule has 0 heterocycles. The topological polar surface area (TPSA) is 108 Å². The summed E-state index contributed by atoms with van der Waals surface area (Å²) in [6.07, 6.45) is 82.6. The second-order valence-electron chi connectivity index (χ2n) is 23.1. The van der Waals surface area contributed by atoms with Gasteiger partial charge >= 0.3 is 0 Å². The number of amides is 1. The van der Waals surface area contributed by atoms with E-state index in [1.165, 1.54) is 199 Å². The number of nitrogens with one attached hydrogen (secondary N) is 1. The lowest BCUT2D eigenvalue weighted by molar-refractivity contribution is -0.870. The highest BCUT2D eigenvalue weighted by Gasteiger charge is 2.23. The second-order valence-corrected chi connectivity index (χ2v) is 24.5. The van der Waals surface area contributed by atoms with Crippen LogP contribution in [0.3, 0.4) is 0 Å². The Hall–Kier alpha value is -2.32. The molecular formula is C68H125N2O6P. The van der Waals surface area contributed by atoms with Gasteiger partial charge in [-0.2, -0.15) is 0 Å². The monoisotopic (exact) mass is 1100 g/mol. The molecule has 0 aromatic heterocycles. The van der Waals surface area contributed by atoms with Crippen LogP contribution in [0.2, 0.25) is 0 Å². The Bertz CT molecular complexity index is 1530. The van der Waals surface area contributed by atoms with Crippen molar-refractivity contribution < 1.29 is 32.9 Å². The fourth-order valence-corrected chi connectivity index (χ4v) is 10.0. The van der Waals surface area contributed by atoms with Crippen molar-refractivity contribution in [3.05, 3.63) is 85.1 Å². The van der Waals surface area contributed by atoms with Gasteiger partial charge in [0.25, 0.3) is 7.82 Å². The van der Waals surface area contributed by atoms with Gasteiger partial charge in [-0.3, -0.25) is 9.36 Å². The molecule has 0 aliphatic carbocycles. The number of likely N-dealkylation sites (N-methyl/N-ethyl adjacent to an activating group) is 1. The van der Waals surface area contributed by atoms with Gasteiger partial charge < -0.3 is 28.8 Å². The summed E-state index contributed by atoms with van der Waals surface area (Å²) in [6, 6.07) is -0.914. The molecule has 0 rings (SSSR count). The van der Waals surface area contributed by atoms with Gasteiger partial charge in [0.1, 0.15) is 13.2 Å². The molecule has 3 unspecified atom stereocenters. The summed E-state index contributed by atoms with van der Waals surface area (Å²) in [7, 11) is 1.24. The number of aliphatic hydroxyl groups excluding tert-OH is 1. The number of hydrogen-bond acceptors (Lipinski definition) is 6. The van der Waals surface area contributed by atoms with Gasteiger partial charge in [0, 0.05) is 6.42 Å². The summed E-state index contributed by atoms with van der Waals surface area (Å²) in [5.74, 6) is -0.210. The van der Waals surface area contributed by atoms with Gasteiger partial charge in [-0.1, -0.05) is 285 Å². The van der Waals surface area contributed by atoms with E-state index in [0.717, 1.165) is 70.6 Å². The number of unbranched alkanes of at least 4 members (excludes halogenated alkanes) is 34. The number of nitrogens with zero attached hydrogens (tertiary/aromatic N) is 1. The highest BCUT2D eigenvalue weighted by atomic mass is 31.2. The van der Waals surface area contributed by atoms with E-state index < -0.39 is 26.6 Å². The Morgan fingerprint density at radius 3 is 1.21 bits per heavy atom. The third-order valence-electron chi connectivity index (χ3n) is 14.3. The number of carbonyl (C=O) groups excluding carboxylic acids is 1. The Morgan fingerprint density at radius 2 is 0.805 bits per heavy atom. The van der Waals surface area contributed by atoms with Gasteiger partial charge in [0.05, 0.1) is 39.9 Å². The maximum atomic E-state index is 13.0. The van der Waals surface area contributed by atoms with Gasteiger partial charge in [-0.05, 0) is 83.5 Å². The first kappa shape index (κ1) is 74.7. The lowest BCUT2D eigenvalue weighted by atomic mass is 10.0. The molecule has 1 amide bonds. The van der Waals surface area contributed by atoms with Crippen molar-refractivity contribution in [3.63, 3.8) is 0 Å². The SMILES string of the molecule is CC/C=C\C/C=C\C/C=C\C/C=C\CCCCCCCCCCCCCCCCCCCCC(=O)NC(COP(=O)([O-])OCC[N+](C)(C)C)C(O)/C=C/CC/C=C/CC/C=C/CCCCCCCCCCCCCCCC. The number of rotatable bonds is 59. The Labute approximate surface area is 477 Å². The summed E-state index contributed by atoms with van der Waals surface area (Å²) in [4.78, 5) is 25.6. The lowest BCUT2D eigenvalue weighted by Gasteiger charge is -2.29. The van der Waals surface area contributed by atoms with E-state index in [9.17, 15) is 19.4 Å². The largest absolute Gasteiger partial charge is 0.756 e. The van der Waals surface area contributed by atoms with E-state index in [0.29, 0.717) is 17.4 Å². The molecule has 0 aliphatic rings. The summed E-state index contributed by atoms with van der Waals surface area (Å²) in [5.41, 5.74) is 0. The van der Waals surface area contributed by atoms with Crippen molar-refractivity contribution in [1.82, 2.24) is 5.32 Å². The van der Waals surface area contributed by atoms with Crippen LogP contribution in [0.4, 0.5) is 0 Å². The Balaban J connectivity index is 4.16. The van der Waals surface area contributed by atoms with Crippen LogP contribution in [0, 0.1) is 0 Å². The predicted octanol–water partition coefficient (Wildman–Crippen LogP) is 19.7. The number of allylic oxidation sites excluding steroid dienone is 13. The zero-order valence-electron chi connectivity index (χ0n) is 51.1. The quantitative estimate of drug-likeness (QED) is 0.0272. The van der Waals surface area contributed by atoms with Crippen LogP contribution >= 0.6 is 7.82 Å². The molecule has 77 heavy (non-hydrogen) atoms. The van der Waals surface area contributed by atoms with Crippen LogP contribution < -0.4 is 10.2 Å². The van der Waals surface area contributed by atoms with Gasteiger partial charge in [-0.15, -0.1) is 0 Å². The van der Waals surface area contributed by atoms with E-state index in [4.69, 9.17) is 9.05 Å². The van der Waals surface area contributed by atoms with E-state index >= 15 is 0 Å². The maximum absolute atomic E-state index is 13.0. The number of aliphatic hydroxyl groups is 1. The highest BCUT2D eigenvalue weighted by molar-refractivity contribution is 7.45. The zero-order chi connectivity index (χ0) is 56.3. The molecule has 0 bridgehead atoms. The fraction of sp³-hybridized carbons (Fsp3) is 0.779. The minimum atomic E-state index is -4.62. The average molecular weight is 1100 g/mol. The van der Waals surface area contributed by atoms with E-state index in [2.05, 4.69) is 92.1 Å². The molecule has 0 aromatic carbocycles. The molecule has 0 aromatic rings. The average Bonchev–Trinajstić information content (AvgIpc) is 3.39. The first-order valence-electron chi connectivity index (χ1n) is 32.4. The first-order valence-corrected chi connectivity index (χ1v) is 33.9. The molecule has 448 valence electrons. The van der Waals surface area contributed by atoms with Crippen LogP contribution in [0.15, 0.2) is 85.1 Å². The van der Waals surface area contributed by atoms with Crippen molar-refractivity contribution in [2.45, 2.75) is 302 Å². The third kappa shape index (κ3) is 61.2. The van der Waals surface area contributed by atoms with E-state index in [1.807, 2.05) is 27.2 Å². The number of carbonyl (C=O) groups is 1. The number of hydrogen-bond donors (Lipinski definition) is 2. The van der Waals surface area contributed by atoms with E-state index in [1.54, 1.807) is 6.08 Å². The van der Waals surface area contributed by atoms with Crippen molar-refractivity contribution in [2.75, 3.05) is 40.9 Å². The smallest absolute Gasteiger partial charge is 0.268 e. The van der Waals surface area contributed by atoms with Crippen molar-refractivity contribution in [1.29, 1.82) is 0 Å². The van der Waals surface area contributed by atoms with Crippen molar-refractivity contribution >= 4 is 13.7 Å². The summed E-state index contributed by atoms with van der Waals surface area (Å²) >= 11 is 0. The molecule has 0 radical (unpaired) electrons. The molecule has 8 nitrogen and oxygen atoms in total. The van der Waals surface area contributed by atoms with Crippen molar-refractivity contribution in [2.24, 2.45) is 0 Å². The van der Waals surface area contributed by atoms with Gasteiger partial charge in [0.15, 0.2) is 0 Å². The molecule has 0 aliphatic heterocycles. The molecule has 3 atom stereocenters. The maximum Gasteiger partial charge on any atom is 0.268 e. The van der Waals surface area contributed by atoms with E-state index in [-0.39, 0.29) is 12.5 Å². The van der Waals surface area contributed by atoms with Crippen molar-refractivity contribution in [3.8, 4) is 0 Å². The zero-order valence-corrected chi connectivity index (χ0v) is 52.0. The van der Waals surface area contributed by atoms with Crippen LogP contribution in [-0.4, -0.2) is 68.5 Å². The van der Waals surface area contributed by atoms with Crippen LogP contribution in [-0.2, 0) is 18.4 Å². The minimum absolute atomic E-state index is 0.0107. The number of phosphoric ester groups is 1. The molecule has 2 N–H and O–H groups in total. The Kier molecular flexibility index (Phi) is 56.6. The van der Waals surface area contributed by atoms with Crippen LogP contribution in [0.1, 0.15) is 290 Å². The molecule has 0 spiro atoms. The standard InChI is InChI=1S/C68H125N2O6P/c1-6-8-10-12-14-16-18-20-22-24-26-28-30-32-33-34-35-36-37-38-40-42-44-46-48-50-52-54-56-58-60-62-68(72)69-66(65-76-77(73,74)75-64-63-70(3,4)5)67(71)61-59-57-55-53-51-49-47-45-43-41-39-31-29-27-25-23-21-19-17-15-13-11-9-7-2/h8,10,14,16,20,22,26,28,43,45,51,53,59,61,66-67,71H,6-7,9,11-13,15,17-19,21,23-25,27,29-42,44,46-50,52,54-58,60,62-65H2,1-5H3,(H-,69,72,73,74)/b10-8-,16-14-,22-20-,28-26-,45-43+,53-51+,61-59+. The van der Waals surface area contributed by atoms with Gasteiger partial charge in [-0.25, -0.2) is 0 Å². The molecule has 9 heteroatoms. The summed E-state index contributed by atoms with van der Waals surface area (Å²) in [5, 5.41) is 13.9. The first-order chi connectivity index (χ1) is 37.5. The second kappa shape index (κ2) is 58.3. The molecular weight excluding hydrogens is 972 g/mol. The fourth-order valence-electron chi connectivity index (χ4n) is 9.30. The van der Waals surface area contributed by atoms with Crippen LogP contribution in [0.5, 0.6) is 0 Å². The number of phosphoric acid groups is 1. The molecule has 0 saturated carbocycles. The summed E-state index contributed by atoms with van der Waals surface area (Å²) < 4.78 is 23.4. The van der Waals surface area contributed by atoms with Gasteiger partial charge in [0.2, 0.25) is 5.91 Å². The molecule has 0 fully saturated rings. The Morgan fingerprint density at radius 1 is 0.468 bits per heavy atom. The summed E-state index contributed by atoms with van der Waals surface area (Å²) in [6.45, 7) is 4.53. The van der Waals surface area contributed by atoms with Crippen LogP contribution in [0.25, 0.3) is 0 Å². The normalized spacial score (nSPS) is 14.3. The predicted molar refractivity (Wildman–Crippen MR) is 334 cm³/mol. The lowest BCUT2D eigenvalue weighted by Crippen LogP contribution is -2.45. The number of quaternary nitrogens is 1. The molecule has 0 saturated heterocycles. The minimum Gasteiger partial charge on any atom is -0.756 e.